The Bertz CT molecular complexity index is 823. The van der Waals surface area contributed by atoms with Crippen LogP contribution in [0.2, 0.25) is 0 Å². The van der Waals surface area contributed by atoms with Crippen molar-refractivity contribution in [2.24, 2.45) is 4.99 Å². The molecule has 2 heteroatoms. The van der Waals surface area contributed by atoms with E-state index in [9.17, 15) is 0 Å². The molecule has 1 heterocycles. The van der Waals surface area contributed by atoms with Crippen LogP contribution in [0.4, 0.5) is 0 Å². The van der Waals surface area contributed by atoms with Crippen molar-refractivity contribution in [1.29, 1.82) is 0 Å². The van der Waals surface area contributed by atoms with E-state index < -0.39 is 0 Å². The van der Waals surface area contributed by atoms with Gasteiger partial charge in [-0.25, -0.2) is 4.99 Å². The third-order valence-electron chi connectivity index (χ3n) is 3.95. The molecule has 3 aromatic carbocycles. The monoisotopic (exact) mass is 275 g/mol. The van der Waals surface area contributed by atoms with Crippen LogP contribution < -0.4 is 0 Å². The number of hydrogen-bond donors (Lipinski definition) is 0. The molecule has 0 aliphatic carbocycles. The Balaban J connectivity index is 2.13. The summed E-state index contributed by atoms with van der Waals surface area (Å²) in [6.07, 6.45) is 0. The number of nitrogens with zero attached hydrogens (tertiary/aromatic N) is 1. The average Bonchev–Trinajstić information content (AvgIpc) is 2.84. The first-order chi connectivity index (χ1) is 10.1. The number of benzene rings is 3. The molecule has 0 bridgehead atoms. The molecule has 1 aliphatic rings. The molecular formula is C19H17NO. The highest BCUT2D eigenvalue weighted by Gasteiger charge is 2.28. The Morgan fingerprint density at radius 2 is 1.48 bits per heavy atom. The van der Waals surface area contributed by atoms with Gasteiger partial charge >= 0.3 is 0 Å². The van der Waals surface area contributed by atoms with E-state index in [-0.39, 0.29) is 5.54 Å². The molecule has 0 atom stereocenters. The first-order valence-corrected chi connectivity index (χ1v) is 7.28. The van der Waals surface area contributed by atoms with Crippen LogP contribution in [0.15, 0.2) is 59.6 Å². The Morgan fingerprint density at radius 1 is 0.905 bits per heavy atom. The Kier molecular flexibility index (Phi) is 2.55. The molecule has 104 valence electrons. The van der Waals surface area contributed by atoms with Crippen LogP contribution in [0.5, 0.6) is 0 Å². The molecule has 0 aromatic heterocycles. The summed E-state index contributed by atoms with van der Waals surface area (Å²) >= 11 is 0. The highest BCUT2D eigenvalue weighted by molar-refractivity contribution is 6.18. The molecule has 0 fully saturated rings. The zero-order chi connectivity index (χ0) is 14.4. The number of aliphatic imine (C=N–C) groups is 1. The van der Waals surface area contributed by atoms with Crippen molar-refractivity contribution in [3.8, 4) is 0 Å². The largest absolute Gasteiger partial charge is 0.475 e. The van der Waals surface area contributed by atoms with Crippen LogP contribution in [0.1, 0.15) is 19.4 Å². The minimum atomic E-state index is -0.145. The molecule has 4 rings (SSSR count). The Hall–Kier alpha value is -2.35. The molecule has 2 nitrogen and oxygen atoms in total. The van der Waals surface area contributed by atoms with Gasteiger partial charge in [-0.1, -0.05) is 48.5 Å². The van der Waals surface area contributed by atoms with Gasteiger partial charge in [0.25, 0.3) is 0 Å². The molecule has 21 heavy (non-hydrogen) atoms. The van der Waals surface area contributed by atoms with Gasteiger partial charge in [0.2, 0.25) is 5.90 Å². The van der Waals surface area contributed by atoms with Gasteiger partial charge in [0.15, 0.2) is 0 Å². The standard InChI is InChI=1S/C19H17NO/c1-19(2)12-21-18(20-19)17-15-9-5-3-7-13(15)11-14-8-4-6-10-16(14)17/h3-11H,12H2,1-2H3. The molecule has 1 aliphatic heterocycles. The second kappa shape index (κ2) is 4.32. The van der Waals surface area contributed by atoms with E-state index in [1.54, 1.807) is 0 Å². The molecule has 0 spiro atoms. The maximum Gasteiger partial charge on any atom is 0.218 e. The second-order valence-corrected chi connectivity index (χ2v) is 6.21. The predicted molar refractivity (Wildman–Crippen MR) is 88.0 cm³/mol. The minimum Gasteiger partial charge on any atom is -0.475 e. The summed E-state index contributed by atoms with van der Waals surface area (Å²) in [4.78, 5) is 4.79. The smallest absolute Gasteiger partial charge is 0.218 e. The van der Waals surface area contributed by atoms with Crippen molar-refractivity contribution in [2.45, 2.75) is 19.4 Å². The summed E-state index contributed by atoms with van der Waals surface area (Å²) in [5.41, 5.74) is 0.974. The van der Waals surface area contributed by atoms with Crippen LogP contribution in [0.3, 0.4) is 0 Å². The highest BCUT2D eigenvalue weighted by Crippen LogP contribution is 2.32. The molecule has 0 unspecified atom stereocenters. The van der Waals surface area contributed by atoms with Crippen LogP contribution >= 0.6 is 0 Å². The van der Waals surface area contributed by atoms with Crippen molar-refractivity contribution in [1.82, 2.24) is 0 Å². The lowest BCUT2D eigenvalue weighted by molar-refractivity contribution is 0.280. The molecule has 0 saturated heterocycles. The summed E-state index contributed by atoms with van der Waals surface area (Å²) in [5, 5.41) is 4.85. The summed E-state index contributed by atoms with van der Waals surface area (Å²) in [6, 6.07) is 19.1. The molecule has 0 saturated carbocycles. The summed E-state index contributed by atoms with van der Waals surface area (Å²) in [7, 11) is 0. The molecule has 0 amide bonds. The molecule has 0 N–H and O–H groups in total. The summed E-state index contributed by atoms with van der Waals surface area (Å²) in [6.45, 7) is 4.85. The number of hydrogen-bond acceptors (Lipinski definition) is 2. The van der Waals surface area contributed by atoms with Crippen molar-refractivity contribution >= 4 is 27.4 Å². The van der Waals surface area contributed by atoms with Gasteiger partial charge in [-0.05, 0) is 41.5 Å². The van der Waals surface area contributed by atoms with E-state index in [1.807, 2.05) is 0 Å². The van der Waals surface area contributed by atoms with Gasteiger partial charge in [0.1, 0.15) is 6.61 Å². The van der Waals surface area contributed by atoms with E-state index in [4.69, 9.17) is 9.73 Å². The molecule has 0 radical (unpaired) electrons. The van der Waals surface area contributed by atoms with E-state index in [2.05, 4.69) is 68.4 Å². The van der Waals surface area contributed by atoms with Gasteiger partial charge in [-0.3, -0.25) is 0 Å². The van der Waals surface area contributed by atoms with E-state index >= 15 is 0 Å². The second-order valence-electron chi connectivity index (χ2n) is 6.21. The summed E-state index contributed by atoms with van der Waals surface area (Å²) in [5.74, 6) is 0.771. The predicted octanol–water partition coefficient (Wildman–Crippen LogP) is 4.55. The lowest BCUT2D eigenvalue weighted by Crippen LogP contribution is -2.17. The highest BCUT2D eigenvalue weighted by atomic mass is 16.5. The average molecular weight is 275 g/mol. The van der Waals surface area contributed by atoms with Gasteiger partial charge < -0.3 is 4.74 Å². The SMILES string of the molecule is CC1(C)COC(c2c3ccccc3cc3ccccc23)=N1. The maximum absolute atomic E-state index is 5.92. The number of ether oxygens (including phenoxy) is 1. The first-order valence-electron chi connectivity index (χ1n) is 7.28. The third-order valence-corrected chi connectivity index (χ3v) is 3.95. The minimum absolute atomic E-state index is 0.145. The van der Waals surface area contributed by atoms with E-state index in [1.165, 1.54) is 21.5 Å². The lowest BCUT2D eigenvalue weighted by Gasteiger charge is -2.11. The first kappa shape index (κ1) is 12.4. The number of fused-ring (bicyclic) bond motifs is 2. The quantitative estimate of drug-likeness (QED) is 0.597. The third kappa shape index (κ3) is 1.99. The fraction of sp³-hybridized carbons (Fsp3) is 0.211. The Labute approximate surface area is 124 Å². The lowest BCUT2D eigenvalue weighted by atomic mass is 9.96. The molecule has 3 aromatic rings. The van der Waals surface area contributed by atoms with E-state index in [0.717, 1.165) is 11.5 Å². The van der Waals surface area contributed by atoms with Crippen molar-refractivity contribution in [3.05, 3.63) is 60.2 Å². The van der Waals surface area contributed by atoms with Gasteiger partial charge in [-0.2, -0.15) is 0 Å². The zero-order valence-electron chi connectivity index (χ0n) is 12.3. The van der Waals surface area contributed by atoms with Crippen LogP contribution in [0.25, 0.3) is 21.5 Å². The fourth-order valence-corrected chi connectivity index (χ4v) is 2.96. The van der Waals surface area contributed by atoms with Crippen LogP contribution in [-0.2, 0) is 4.74 Å². The van der Waals surface area contributed by atoms with Crippen molar-refractivity contribution in [2.75, 3.05) is 6.61 Å². The van der Waals surface area contributed by atoms with Crippen LogP contribution in [0, 0.1) is 0 Å². The van der Waals surface area contributed by atoms with Crippen molar-refractivity contribution in [3.63, 3.8) is 0 Å². The zero-order valence-corrected chi connectivity index (χ0v) is 12.3. The van der Waals surface area contributed by atoms with Crippen LogP contribution in [-0.4, -0.2) is 18.0 Å². The maximum atomic E-state index is 5.92. The number of rotatable bonds is 1. The van der Waals surface area contributed by atoms with Gasteiger partial charge in [-0.15, -0.1) is 0 Å². The van der Waals surface area contributed by atoms with Crippen molar-refractivity contribution < 1.29 is 4.74 Å². The topological polar surface area (TPSA) is 21.6 Å². The van der Waals surface area contributed by atoms with Gasteiger partial charge in [0, 0.05) is 0 Å². The van der Waals surface area contributed by atoms with E-state index in [0.29, 0.717) is 6.61 Å². The fourth-order valence-electron chi connectivity index (χ4n) is 2.96. The van der Waals surface area contributed by atoms with Gasteiger partial charge in [0.05, 0.1) is 11.1 Å². The summed E-state index contributed by atoms with van der Waals surface area (Å²) < 4.78 is 5.92. The Morgan fingerprint density at radius 3 is 2.00 bits per heavy atom. The molecular weight excluding hydrogens is 258 g/mol. The normalized spacial score (nSPS) is 17.0.